The van der Waals surface area contributed by atoms with Gasteiger partial charge in [-0.05, 0) is 62.8 Å². The Labute approximate surface area is 254 Å². The Hall–Kier alpha value is -2.86. The minimum atomic E-state index is 0.0726. The van der Waals surface area contributed by atoms with Crippen molar-refractivity contribution >= 4 is 11.9 Å². The van der Waals surface area contributed by atoms with Crippen LogP contribution in [0.3, 0.4) is 0 Å². The number of rotatable bonds is 9. The van der Waals surface area contributed by atoms with E-state index >= 15 is 0 Å². The molecule has 1 aliphatic heterocycles. The number of urea groups is 1. The van der Waals surface area contributed by atoms with Crippen LogP contribution in [0, 0.1) is 11.8 Å². The van der Waals surface area contributed by atoms with Gasteiger partial charge < -0.3 is 20.0 Å². The van der Waals surface area contributed by atoms with Crippen LogP contribution in [0.5, 0.6) is 0 Å². The van der Waals surface area contributed by atoms with E-state index in [1.54, 1.807) is 0 Å². The zero-order valence-electron chi connectivity index (χ0n) is 26.1. The molecule has 2 aliphatic carbocycles. The zero-order chi connectivity index (χ0) is 29.6. The molecule has 2 aromatic carbocycles. The van der Waals surface area contributed by atoms with E-state index in [0.717, 1.165) is 76.7 Å². The van der Waals surface area contributed by atoms with Crippen LogP contribution in [0.1, 0.15) is 83.1 Å². The number of likely N-dealkylation sites (tertiary alicyclic amines) is 1. The number of hydrogen-bond acceptors (Lipinski definition) is 3. The molecule has 230 valence electrons. The molecule has 0 aromatic heterocycles. The molecule has 1 N–H and O–H groups in total. The lowest BCUT2D eigenvalue weighted by Gasteiger charge is -2.39. The monoisotopic (exact) mass is 574 g/mol. The molecule has 2 unspecified atom stereocenters. The van der Waals surface area contributed by atoms with Gasteiger partial charge in [0, 0.05) is 57.8 Å². The summed E-state index contributed by atoms with van der Waals surface area (Å²) in [5.41, 5.74) is 1.14. The second kappa shape index (κ2) is 17.3. The van der Waals surface area contributed by atoms with Crippen LogP contribution in [0.25, 0.3) is 0 Å². The van der Waals surface area contributed by atoms with Gasteiger partial charge in [-0.2, -0.15) is 0 Å². The summed E-state index contributed by atoms with van der Waals surface area (Å²) in [5, 5.41) is 3.14. The fourth-order valence-electron chi connectivity index (χ4n) is 7.11. The van der Waals surface area contributed by atoms with E-state index in [9.17, 15) is 9.59 Å². The summed E-state index contributed by atoms with van der Waals surface area (Å²) in [6.45, 7) is 6.82. The number of hydrogen-bond donors (Lipinski definition) is 1. The number of nitrogens with one attached hydrogen (secondary N) is 1. The highest BCUT2D eigenvalue weighted by molar-refractivity contribution is 5.79. The molecule has 0 spiro atoms. The molecule has 3 amide bonds. The van der Waals surface area contributed by atoms with Crippen molar-refractivity contribution in [3.8, 4) is 0 Å². The Morgan fingerprint density at radius 2 is 1.43 bits per heavy atom. The molecule has 0 bridgehead atoms. The van der Waals surface area contributed by atoms with Crippen molar-refractivity contribution in [3.63, 3.8) is 0 Å². The van der Waals surface area contributed by atoms with Gasteiger partial charge in [0.05, 0.1) is 0 Å². The lowest BCUT2D eigenvalue weighted by atomic mass is 9.88. The normalized spacial score (nSPS) is 21.7. The van der Waals surface area contributed by atoms with Gasteiger partial charge in [0.25, 0.3) is 0 Å². The molecule has 42 heavy (non-hydrogen) atoms. The number of nitrogens with zero attached hydrogens (tertiary/aromatic N) is 3. The highest BCUT2D eigenvalue weighted by atomic mass is 16.2. The first-order valence-corrected chi connectivity index (χ1v) is 16.6. The largest absolute Gasteiger partial charge is 0.343 e. The summed E-state index contributed by atoms with van der Waals surface area (Å²) in [6, 6.07) is 23.0. The third-order valence-corrected chi connectivity index (χ3v) is 9.56. The van der Waals surface area contributed by atoms with Crippen molar-refractivity contribution in [2.75, 3.05) is 33.2 Å². The number of carbonyl (C=O) groups excluding carboxylic acids is 2. The molecular formula is C36H54N4O2. The number of amides is 3. The molecule has 2 saturated carbocycles. The van der Waals surface area contributed by atoms with E-state index in [4.69, 9.17) is 0 Å². The fraction of sp³-hybridized carbons (Fsp3) is 0.611. The first-order chi connectivity index (χ1) is 20.5. The first kappa shape index (κ1) is 32.1. The van der Waals surface area contributed by atoms with Gasteiger partial charge in [0.2, 0.25) is 5.91 Å². The summed E-state index contributed by atoms with van der Waals surface area (Å²) < 4.78 is 0. The van der Waals surface area contributed by atoms with E-state index < -0.39 is 0 Å². The maximum absolute atomic E-state index is 13.0. The van der Waals surface area contributed by atoms with Crippen LogP contribution in [-0.2, 0) is 11.3 Å². The average molecular weight is 575 g/mol. The second-order valence-corrected chi connectivity index (χ2v) is 12.6. The fourth-order valence-corrected chi connectivity index (χ4v) is 7.11. The van der Waals surface area contributed by atoms with Crippen molar-refractivity contribution in [2.45, 2.75) is 96.2 Å². The van der Waals surface area contributed by atoms with Gasteiger partial charge in [0.1, 0.15) is 0 Å². The van der Waals surface area contributed by atoms with Crippen molar-refractivity contribution < 1.29 is 9.59 Å². The SMILES string of the molecule is CCCN(C(=O)NCc1ccccc1)C1CCN(CC2CCC(N(C)C(=O)C3CCCCC3)C2)CC1.c1ccccc1. The van der Waals surface area contributed by atoms with Gasteiger partial charge in [-0.25, -0.2) is 4.79 Å². The molecule has 0 radical (unpaired) electrons. The Kier molecular flexibility index (Phi) is 13.2. The van der Waals surface area contributed by atoms with Gasteiger partial charge >= 0.3 is 6.03 Å². The molecule has 3 aliphatic rings. The lowest BCUT2D eigenvalue weighted by molar-refractivity contribution is -0.137. The number of piperidine rings is 1. The molecule has 6 heteroatoms. The van der Waals surface area contributed by atoms with E-state index in [2.05, 4.69) is 46.1 Å². The Morgan fingerprint density at radius 1 is 0.810 bits per heavy atom. The van der Waals surface area contributed by atoms with Crippen LogP contribution in [0.15, 0.2) is 66.7 Å². The minimum absolute atomic E-state index is 0.0726. The van der Waals surface area contributed by atoms with Crippen molar-refractivity contribution in [3.05, 3.63) is 72.3 Å². The van der Waals surface area contributed by atoms with Crippen molar-refractivity contribution in [1.82, 2.24) is 20.0 Å². The molecule has 5 rings (SSSR count). The Balaban J connectivity index is 0.000000600. The van der Waals surface area contributed by atoms with Crippen molar-refractivity contribution in [1.29, 1.82) is 0 Å². The van der Waals surface area contributed by atoms with Crippen LogP contribution in [0.2, 0.25) is 0 Å². The predicted octanol–water partition coefficient (Wildman–Crippen LogP) is 6.97. The quantitative estimate of drug-likeness (QED) is 0.352. The average Bonchev–Trinajstić information content (AvgIpc) is 3.52. The summed E-state index contributed by atoms with van der Waals surface area (Å²) in [7, 11) is 2.06. The molecule has 3 fully saturated rings. The summed E-state index contributed by atoms with van der Waals surface area (Å²) in [5.74, 6) is 1.37. The zero-order valence-corrected chi connectivity index (χ0v) is 26.1. The summed E-state index contributed by atoms with van der Waals surface area (Å²) >= 11 is 0. The van der Waals surface area contributed by atoms with Crippen LogP contribution < -0.4 is 5.32 Å². The molecule has 2 aromatic rings. The van der Waals surface area contributed by atoms with Crippen LogP contribution in [-0.4, -0.2) is 71.9 Å². The van der Waals surface area contributed by atoms with E-state index in [1.807, 2.05) is 54.6 Å². The predicted molar refractivity (Wildman–Crippen MR) is 172 cm³/mol. The molecular weight excluding hydrogens is 520 g/mol. The first-order valence-electron chi connectivity index (χ1n) is 16.6. The van der Waals surface area contributed by atoms with E-state index in [1.165, 1.54) is 25.7 Å². The standard InChI is InChI=1S/C30H48N4O2.C6H6/c1-3-18-34(30(36)31-22-24-10-6-4-7-11-24)27-16-19-33(20-17-27)23-25-14-15-28(21-25)32(2)29(35)26-12-8-5-9-13-26;1-2-4-6-5-3-1/h4,6-7,10-11,25-28H,3,5,8-9,12-23H2,1-2H3,(H,31,36);1-6H. The van der Waals surface area contributed by atoms with Crippen molar-refractivity contribution in [2.24, 2.45) is 11.8 Å². The highest BCUT2D eigenvalue weighted by Crippen LogP contribution is 2.33. The van der Waals surface area contributed by atoms with Crippen LogP contribution in [0.4, 0.5) is 4.79 Å². The van der Waals surface area contributed by atoms with Crippen LogP contribution >= 0.6 is 0 Å². The second-order valence-electron chi connectivity index (χ2n) is 12.6. The Bertz CT molecular complexity index is 1010. The third-order valence-electron chi connectivity index (χ3n) is 9.56. The molecule has 6 nitrogen and oxygen atoms in total. The minimum Gasteiger partial charge on any atom is -0.343 e. The summed E-state index contributed by atoms with van der Waals surface area (Å²) in [6.07, 6.45) is 12.5. The molecule has 1 saturated heterocycles. The topological polar surface area (TPSA) is 55.9 Å². The Morgan fingerprint density at radius 3 is 2.05 bits per heavy atom. The van der Waals surface area contributed by atoms with Gasteiger partial charge in [0.15, 0.2) is 0 Å². The van der Waals surface area contributed by atoms with Gasteiger partial charge in [-0.3, -0.25) is 4.79 Å². The van der Waals surface area contributed by atoms with Gasteiger partial charge in [-0.1, -0.05) is 92.9 Å². The number of carbonyl (C=O) groups is 2. The van der Waals surface area contributed by atoms with Gasteiger partial charge in [-0.15, -0.1) is 0 Å². The summed E-state index contributed by atoms with van der Waals surface area (Å²) in [4.78, 5) is 32.8. The lowest BCUT2D eigenvalue weighted by Crippen LogP contribution is -2.51. The molecule has 2 atom stereocenters. The number of benzene rings is 2. The van der Waals surface area contributed by atoms with E-state index in [-0.39, 0.29) is 11.9 Å². The molecule has 1 heterocycles. The smallest absolute Gasteiger partial charge is 0.317 e. The maximum Gasteiger partial charge on any atom is 0.317 e. The van der Waals surface area contributed by atoms with E-state index in [0.29, 0.717) is 30.5 Å². The third kappa shape index (κ3) is 9.86. The maximum atomic E-state index is 13.0. The highest BCUT2D eigenvalue weighted by Gasteiger charge is 2.35.